The highest BCUT2D eigenvalue weighted by Gasteiger charge is 2.31. The van der Waals surface area contributed by atoms with Gasteiger partial charge in [0.05, 0.1) is 0 Å². The molecule has 0 fully saturated rings. The van der Waals surface area contributed by atoms with Gasteiger partial charge in [0.25, 0.3) is 0 Å². The first-order valence-corrected chi connectivity index (χ1v) is 10.4. The van der Waals surface area contributed by atoms with E-state index in [-0.39, 0.29) is 6.71 Å². The zero-order chi connectivity index (χ0) is 19.4. The van der Waals surface area contributed by atoms with Gasteiger partial charge in [0, 0.05) is 0 Å². The van der Waals surface area contributed by atoms with Crippen molar-refractivity contribution in [1.29, 1.82) is 0 Å². The van der Waals surface area contributed by atoms with Gasteiger partial charge in [0.15, 0.2) is 0 Å². The maximum absolute atomic E-state index is 2.42. The number of fused-ring (bicyclic) bond motifs is 4. The molecule has 0 aromatic heterocycles. The van der Waals surface area contributed by atoms with Crippen molar-refractivity contribution < 1.29 is 0 Å². The number of benzene rings is 5. The molecule has 0 N–H and O–H groups in total. The zero-order valence-corrected chi connectivity index (χ0v) is 16.5. The van der Waals surface area contributed by atoms with Crippen LogP contribution in [0.25, 0.3) is 21.5 Å². The second kappa shape index (κ2) is 6.35. The van der Waals surface area contributed by atoms with Crippen LogP contribution in [0.15, 0.2) is 97.1 Å². The smallest absolute Gasteiger partial charge is 0.0686 e. The van der Waals surface area contributed by atoms with Crippen LogP contribution < -0.4 is 16.4 Å². The van der Waals surface area contributed by atoms with Crippen molar-refractivity contribution in [2.75, 3.05) is 0 Å². The minimum atomic E-state index is 0.281. The Balaban J connectivity index is 1.66. The van der Waals surface area contributed by atoms with Gasteiger partial charge in [-0.3, -0.25) is 0 Å². The van der Waals surface area contributed by atoms with Crippen LogP contribution in [-0.2, 0) is 6.42 Å². The lowest BCUT2D eigenvalue weighted by Gasteiger charge is -2.28. The second-order valence-corrected chi connectivity index (χ2v) is 8.32. The van der Waals surface area contributed by atoms with Gasteiger partial charge in [-0.1, -0.05) is 119 Å². The summed E-state index contributed by atoms with van der Waals surface area (Å²) in [5.41, 5.74) is 8.50. The molecule has 136 valence electrons. The van der Waals surface area contributed by atoms with Crippen molar-refractivity contribution in [2.45, 2.75) is 13.3 Å². The van der Waals surface area contributed by atoms with E-state index in [1.807, 2.05) is 0 Å². The number of rotatable bonds is 1. The van der Waals surface area contributed by atoms with Crippen LogP contribution in [0.3, 0.4) is 0 Å². The Morgan fingerprint density at radius 1 is 0.552 bits per heavy atom. The minimum absolute atomic E-state index is 0.281. The molecule has 5 aromatic rings. The summed E-state index contributed by atoms with van der Waals surface area (Å²) in [6.45, 7) is 2.44. The van der Waals surface area contributed by atoms with Crippen LogP contribution >= 0.6 is 0 Å². The third-order valence-corrected chi connectivity index (χ3v) is 6.43. The Hall–Kier alpha value is -3.32. The Morgan fingerprint density at radius 2 is 1.00 bits per heavy atom. The van der Waals surface area contributed by atoms with Crippen molar-refractivity contribution in [3.8, 4) is 0 Å². The van der Waals surface area contributed by atoms with E-state index >= 15 is 0 Å². The highest BCUT2D eigenvalue weighted by molar-refractivity contribution is 6.96. The van der Waals surface area contributed by atoms with Gasteiger partial charge in [-0.05, 0) is 46.0 Å². The molecule has 1 aliphatic rings. The van der Waals surface area contributed by atoms with Gasteiger partial charge >= 0.3 is 0 Å². The lowest BCUT2D eigenvalue weighted by atomic mass is 9.33. The third-order valence-electron chi connectivity index (χ3n) is 6.43. The lowest BCUT2D eigenvalue weighted by Crippen LogP contribution is -2.56. The molecule has 1 aliphatic heterocycles. The molecule has 0 spiro atoms. The van der Waals surface area contributed by atoms with Crippen LogP contribution in [0, 0.1) is 6.92 Å². The largest absolute Gasteiger partial charge is 0.241 e. The molecule has 1 heterocycles. The van der Waals surface area contributed by atoms with E-state index in [0.29, 0.717) is 0 Å². The summed E-state index contributed by atoms with van der Waals surface area (Å²) < 4.78 is 0. The van der Waals surface area contributed by atoms with Crippen molar-refractivity contribution in [3.63, 3.8) is 0 Å². The number of hydrogen-bond acceptors (Lipinski definition) is 0. The average Bonchev–Trinajstić information content (AvgIpc) is 2.75. The van der Waals surface area contributed by atoms with E-state index in [1.165, 1.54) is 54.6 Å². The average molecular weight is 368 g/mol. The molecule has 1 heteroatoms. The molecule has 29 heavy (non-hydrogen) atoms. The Morgan fingerprint density at radius 3 is 1.48 bits per heavy atom. The van der Waals surface area contributed by atoms with Gasteiger partial charge in [0.2, 0.25) is 6.71 Å². The highest BCUT2D eigenvalue weighted by atomic mass is 14.2. The van der Waals surface area contributed by atoms with Gasteiger partial charge < -0.3 is 0 Å². The van der Waals surface area contributed by atoms with Crippen LogP contribution in [0.2, 0.25) is 0 Å². The fourth-order valence-corrected chi connectivity index (χ4v) is 4.94. The molecule has 0 bridgehead atoms. The molecule has 0 amide bonds. The Kier molecular flexibility index (Phi) is 3.64. The monoisotopic (exact) mass is 368 g/mol. The first-order chi connectivity index (χ1) is 14.3. The van der Waals surface area contributed by atoms with Gasteiger partial charge in [-0.15, -0.1) is 0 Å². The summed E-state index contributed by atoms with van der Waals surface area (Å²) >= 11 is 0. The van der Waals surface area contributed by atoms with Crippen LogP contribution in [0.1, 0.15) is 16.7 Å². The van der Waals surface area contributed by atoms with Crippen molar-refractivity contribution >= 4 is 44.6 Å². The summed E-state index contributed by atoms with van der Waals surface area (Å²) in [5, 5.41) is 5.32. The van der Waals surface area contributed by atoms with E-state index in [4.69, 9.17) is 0 Å². The Bertz CT molecular complexity index is 1290. The van der Waals surface area contributed by atoms with Crippen LogP contribution in [0.5, 0.6) is 0 Å². The third kappa shape index (κ3) is 2.69. The Labute approximate surface area is 171 Å². The fraction of sp³-hybridized carbons (Fsp3) is 0.0714. The van der Waals surface area contributed by atoms with Crippen molar-refractivity contribution in [3.05, 3.63) is 114 Å². The summed E-state index contributed by atoms with van der Waals surface area (Å²) in [7, 11) is 0. The predicted molar refractivity (Wildman–Crippen MR) is 127 cm³/mol. The number of aryl methyl sites for hydroxylation is 1. The van der Waals surface area contributed by atoms with Crippen LogP contribution in [-0.4, -0.2) is 6.71 Å². The first-order valence-electron chi connectivity index (χ1n) is 10.4. The van der Waals surface area contributed by atoms with Crippen molar-refractivity contribution in [2.24, 2.45) is 0 Å². The molecule has 0 atom stereocenters. The number of hydrogen-bond donors (Lipinski definition) is 0. The van der Waals surface area contributed by atoms with E-state index in [0.717, 1.165) is 6.42 Å². The zero-order valence-electron chi connectivity index (χ0n) is 16.5. The normalized spacial score (nSPS) is 12.8. The molecular weight excluding hydrogens is 347 g/mol. The first kappa shape index (κ1) is 16.6. The predicted octanol–water partition coefficient (Wildman–Crippen LogP) is 4.72. The van der Waals surface area contributed by atoms with E-state index < -0.39 is 0 Å². The lowest BCUT2D eigenvalue weighted by molar-refractivity contribution is 1.22. The molecule has 0 radical (unpaired) electrons. The molecule has 0 unspecified atom stereocenters. The van der Waals surface area contributed by atoms with Crippen molar-refractivity contribution in [1.82, 2.24) is 0 Å². The van der Waals surface area contributed by atoms with Gasteiger partial charge in [-0.2, -0.15) is 0 Å². The molecule has 0 aliphatic carbocycles. The highest BCUT2D eigenvalue weighted by Crippen LogP contribution is 2.23. The molecule has 0 saturated heterocycles. The molecule has 0 nitrogen and oxygen atoms in total. The van der Waals surface area contributed by atoms with E-state index in [1.54, 1.807) is 0 Å². The summed E-state index contributed by atoms with van der Waals surface area (Å²) in [6.07, 6.45) is 1.00. The topological polar surface area (TPSA) is 0 Å². The quantitative estimate of drug-likeness (QED) is 0.369. The molecule has 5 aromatic carbocycles. The van der Waals surface area contributed by atoms with E-state index in [9.17, 15) is 0 Å². The molecule has 0 saturated carbocycles. The molecular formula is C28H21B. The van der Waals surface area contributed by atoms with Gasteiger partial charge in [0.1, 0.15) is 0 Å². The maximum Gasteiger partial charge on any atom is 0.241 e. The summed E-state index contributed by atoms with van der Waals surface area (Å²) in [5.74, 6) is 0. The minimum Gasteiger partial charge on any atom is -0.0686 e. The molecule has 6 rings (SSSR count). The van der Waals surface area contributed by atoms with Gasteiger partial charge in [-0.25, -0.2) is 0 Å². The second-order valence-electron chi connectivity index (χ2n) is 8.32. The SMILES string of the molecule is Cc1ccc(B2c3cc4ccccc4cc3Cc3cc4ccccc4cc32)cc1. The fourth-order valence-electron chi connectivity index (χ4n) is 4.94. The summed E-state index contributed by atoms with van der Waals surface area (Å²) in [4.78, 5) is 0. The standard InChI is InChI=1S/C28H21B/c1-19-10-12-26(13-11-19)29-27-17-22-8-4-2-6-20(22)14-24(27)16-25-15-21-7-3-5-9-23(21)18-28(25)29/h2-15,17-18H,16H2,1H3. The van der Waals surface area contributed by atoms with Crippen LogP contribution in [0.4, 0.5) is 0 Å². The maximum atomic E-state index is 2.42. The summed E-state index contributed by atoms with van der Waals surface area (Å²) in [6, 6.07) is 36.2. The van der Waals surface area contributed by atoms with E-state index in [2.05, 4.69) is 104 Å².